The monoisotopic (exact) mass is 345 g/mol. The van der Waals surface area contributed by atoms with Crippen molar-refractivity contribution < 1.29 is 0 Å². The van der Waals surface area contributed by atoms with E-state index >= 15 is 0 Å². The summed E-state index contributed by atoms with van der Waals surface area (Å²) < 4.78 is 1.95. The van der Waals surface area contributed by atoms with E-state index in [2.05, 4.69) is 29.6 Å². The summed E-state index contributed by atoms with van der Waals surface area (Å²) in [7, 11) is 1.94. The van der Waals surface area contributed by atoms with Crippen LogP contribution < -0.4 is 5.32 Å². The maximum atomic E-state index is 9.17. The van der Waals surface area contributed by atoms with Crippen LogP contribution in [0.5, 0.6) is 0 Å². The first kappa shape index (κ1) is 17.7. The second kappa shape index (κ2) is 6.65. The molecule has 3 nitrogen and oxygen atoms in total. The van der Waals surface area contributed by atoms with Gasteiger partial charge in [-0.15, -0.1) is 0 Å². The van der Waals surface area contributed by atoms with E-state index in [0.29, 0.717) is 5.69 Å². The Morgan fingerprint density at radius 2 is 1.92 bits per heavy atom. The van der Waals surface area contributed by atoms with Gasteiger partial charge >= 0.3 is 29.6 Å². The van der Waals surface area contributed by atoms with Crippen molar-refractivity contribution in [2.45, 2.75) is 37.5 Å². The Balaban J connectivity index is 0.00000169. The topological polar surface area (TPSA) is 40.8 Å². The minimum atomic E-state index is 0. The molecule has 1 aromatic carbocycles. The molecule has 0 unspecified atom stereocenters. The van der Waals surface area contributed by atoms with Gasteiger partial charge in [0.2, 0.25) is 0 Å². The zero-order valence-corrected chi connectivity index (χ0v) is 14.0. The van der Waals surface area contributed by atoms with Gasteiger partial charge in [0.15, 0.2) is 0 Å². The van der Waals surface area contributed by atoms with Crippen LogP contribution in [0.3, 0.4) is 0 Å². The van der Waals surface area contributed by atoms with Crippen molar-refractivity contribution in [3.63, 3.8) is 0 Å². The fourth-order valence-electron chi connectivity index (χ4n) is 4.14. The van der Waals surface area contributed by atoms with Crippen molar-refractivity contribution in [2.75, 3.05) is 5.32 Å². The molecule has 24 heavy (non-hydrogen) atoms. The molecule has 118 valence electrons. The van der Waals surface area contributed by atoms with Crippen molar-refractivity contribution >= 4 is 52.5 Å². The van der Waals surface area contributed by atoms with Gasteiger partial charge in [-0.25, -0.2) is 0 Å². The van der Waals surface area contributed by atoms with Gasteiger partial charge in [0, 0.05) is 23.8 Å². The fraction of sp³-hybridized carbons (Fsp3) is 0.368. The molecule has 0 bridgehead atoms. The first-order valence-corrected chi connectivity index (χ1v) is 8.59. The molecule has 4 rings (SSSR count). The Morgan fingerprint density at radius 1 is 1.17 bits per heavy atom. The summed E-state index contributed by atoms with van der Waals surface area (Å²) in [5.41, 5.74) is 5.45. The summed E-state index contributed by atoms with van der Waals surface area (Å²) in [5, 5.41) is 12.6. The summed E-state index contributed by atoms with van der Waals surface area (Å²) in [5.74, 6) is 0. The third kappa shape index (κ3) is 2.55. The van der Waals surface area contributed by atoms with Gasteiger partial charge in [-0.3, -0.25) is 0 Å². The molecular weight excluding hydrogens is 325 g/mol. The molecule has 1 saturated carbocycles. The molecule has 0 radical (unpaired) electrons. The summed E-state index contributed by atoms with van der Waals surface area (Å²) in [6.07, 6.45) is 6.09. The molecule has 2 heterocycles. The first-order chi connectivity index (χ1) is 11.2. The Kier molecular flexibility index (Phi) is 4.90. The predicted molar refractivity (Wildman–Crippen MR) is 104 cm³/mol. The van der Waals surface area contributed by atoms with Gasteiger partial charge in [0.05, 0.1) is 4.99 Å². The number of thiocarbonyl (C=S) groups is 1. The number of nitriles is 1. The molecule has 1 aliphatic heterocycles. The quantitative estimate of drug-likeness (QED) is 0.630. The van der Waals surface area contributed by atoms with E-state index in [-0.39, 0.29) is 35.0 Å². The summed E-state index contributed by atoms with van der Waals surface area (Å²) in [6, 6.07) is 12.7. The van der Waals surface area contributed by atoms with E-state index in [1.165, 1.54) is 24.8 Å². The number of aromatic nitrogens is 1. The van der Waals surface area contributed by atoms with E-state index in [9.17, 15) is 0 Å². The van der Waals surface area contributed by atoms with E-state index in [1.54, 1.807) is 0 Å². The van der Waals surface area contributed by atoms with Gasteiger partial charge in [0.25, 0.3) is 0 Å². The number of nitrogens with one attached hydrogen (secondary N) is 1. The molecule has 0 saturated heterocycles. The number of anilines is 1. The predicted octanol–water partition coefficient (Wildman–Crippen LogP) is 3.87. The van der Waals surface area contributed by atoms with Crippen LogP contribution in [0.25, 0.3) is 11.3 Å². The summed E-state index contributed by atoms with van der Waals surface area (Å²) in [6.45, 7) is 0. The molecule has 2 aliphatic rings. The molecule has 1 aromatic heterocycles. The van der Waals surface area contributed by atoms with Crippen molar-refractivity contribution in [3.05, 3.63) is 41.6 Å². The van der Waals surface area contributed by atoms with Crippen LogP contribution in [0.2, 0.25) is 0 Å². The molecular formula is C19H20N3NaS. The zero-order chi connectivity index (χ0) is 16.0. The van der Waals surface area contributed by atoms with Crippen LogP contribution >= 0.6 is 12.2 Å². The second-order valence-corrected chi connectivity index (χ2v) is 7.04. The van der Waals surface area contributed by atoms with E-state index in [4.69, 9.17) is 17.5 Å². The number of hydrogen-bond donors (Lipinski definition) is 1. The SMILES string of the molecule is Cn1c(C#N)ccc1-c1ccc2c(c1)C1(CCCCC1)C(=S)N2.[NaH]. The fourth-order valence-corrected chi connectivity index (χ4v) is 4.56. The van der Waals surface area contributed by atoms with Crippen molar-refractivity contribution in [3.8, 4) is 17.3 Å². The standard InChI is InChI=1S/C19H19N3S.Na.H/c1-22-14(12-20)6-8-17(22)13-5-7-16-15(11-13)19(18(23)21-16)9-3-2-4-10-19;;/h5-8,11H,2-4,9-10H2,1H3,(H,21,23);;. The van der Waals surface area contributed by atoms with Gasteiger partial charge in [0.1, 0.15) is 11.8 Å². The number of nitrogens with zero attached hydrogens (tertiary/aromatic N) is 2. The number of hydrogen-bond acceptors (Lipinski definition) is 2. The maximum absolute atomic E-state index is 9.17. The molecule has 5 heteroatoms. The van der Waals surface area contributed by atoms with Crippen LogP contribution in [0, 0.1) is 11.3 Å². The van der Waals surface area contributed by atoms with Crippen molar-refractivity contribution in [1.29, 1.82) is 5.26 Å². The van der Waals surface area contributed by atoms with E-state index in [1.807, 2.05) is 23.7 Å². The Labute approximate surface area is 170 Å². The van der Waals surface area contributed by atoms with Gasteiger partial charge in [-0.2, -0.15) is 5.26 Å². The first-order valence-electron chi connectivity index (χ1n) is 8.18. The van der Waals surface area contributed by atoms with Crippen molar-refractivity contribution in [1.82, 2.24) is 4.57 Å². The second-order valence-electron chi connectivity index (χ2n) is 6.63. The van der Waals surface area contributed by atoms with Crippen LogP contribution in [0.1, 0.15) is 43.4 Å². The molecule has 0 atom stereocenters. The Bertz CT molecular complexity index is 841. The third-order valence-corrected chi connectivity index (χ3v) is 5.95. The molecule has 1 fully saturated rings. The third-order valence-electron chi connectivity index (χ3n) is 5.46. The summed E-state index contributed by atoms with van der Waals surface area (Å²) in [4.78, 5) is 0.994. The average Bonchev–Trinajstić information content (AvgIpc) is 3.07. The molecule has 1 spiro atoms. The number of fused-ring (bicyclic) bond motifs is 2. The van der Waals surface area contributed by atoms with Crippen LogP contribution in [-0.2, 0) is 12.5 Å². The van der Waals surface area contributed by atoms with Crippen LogP contribution in [-0.4, -0.2) is 39.1 Å². The number of rotatable bonds is 1. The van der Waals surface area contributed by atoms with Gasteiger partial charge < -0.3 is 9.88 Å². The normalized spacial score (nSPS) is 17.8. The van der Waals surface area contributed by atoms with E-state index in [0.717, 1.165) is 34.8 Å². The molecule has 1 N–H and O–H groups in total. The molecule has 2 aromatic rings. The Hall–Kier alpha value is -1.12. The molecule has 1 aliphatic carbocycles. The minimum absolute atomic E-state index is 0. The van der Waals surface area contributed by atoms with Crippen LogP contribution in [0.15, 0.2) is 30.3 Å². The number of benzene rings is 1. The summed E-state index contributed by atoms with van der Waals surface area (Å²) >= 11 is 5.71. The van der Waals surface area contributed by atoms with Gasteiger partial charge in [-0.05, 0) is 48.2 Å². The van der Waals surface area contributed by atoms with Gasteiger partial charge in [-0.1, -0.05) is 37.5 Å². The van der Waals surface area contributed by atoms with Crippen LogP contribution in [0.4, 0.5) is 5.69 Å². The van der Waals surface area contributed by atoms with E-state index < -0.39 is 0 Å². The zero-order valence-electron chi connectivity index (χ0n) is 13.2. The molecule has 0 amide bonds. The Morgan fingerprint density at radius 3 is 2.58 bits per heavy atom. The average molecular weight is 345 g/mol. The van der Waals surface area contributed by atoms with Crippen molar-refractivity contribution in [2.24, 2.45) is 7.05 Å².